The van der Waals surface area contributed by atoms with E-state index in [0.29, 0.717) is 12.0 Å². The quantitative estimate of drug-likeness (QED) is 0.841. The van der Waals surface area contributed by atoms with Gasteiger partial charge in [-0.1, -0.05) is 0 Å². The molecule has 4 heteroatoms. The lowest BCUT2D eigenvalue weighted by Gasteiger charge is -2.33. The number of ether oxygens (including phenoxy) is 2. The van der Waals surface area contributed by atoms with Gasteiger partial charge in [-0.05, 0) is 37.8 Å². The van der Waals surface area contributed by atoms with E-state index in [1.807, 2.05) is 19.1 Å². The highest BCUT2D eigenvalue weighted by Gasteiger charge is 2.25. The van der Waals surface area contributed by atoms with Crippen LogP contribution >= 0.6 is 0 Å². The smallest absolute Gasteiger partial charge is 0.148 e. The van der Waals surface area contributed by atoms with Gasteiger partial charge in [-0.25, -0.2) is 0 Å². The largest absolute Gasteiger partial charge is 0.496 e. The van der Waals surface area contributed by atoms with E-state index in [9.17, 15) is 0 Å². The van der Waals surface area contributed by atoms with Gasteiger partial charge in [0.25, 0.3) is 0 Å². The molecule has 0 atom stereocenters. The van der Waals surface area contributed by atoms with E-state index < -0.39 is 0 Å². The number of hydrogen-bond donors (Lipinski definition) is 2. The molecule has 1 aromatic carbocycles. The monoisotopic (exact) mass is 250 g/mol. The Balaban J connectivity index is 2.05. The molecule has 0 saturated heterocycles. The molecule has 0 bridgehead atoms. The van der Waals surface area contributed by atoms with Gasteiger partial charge in [-0.2, -0.15) is 0 Å². The van der Waals surface area contributed by atoms with Gasteiger partial charge < -0.3 is 20.5 Å². The third kappa shape index (κ3) is 2.53. The summed E-state index contributed by atoms with van der Waals surface area (Å²) in [7, 11) is 3.36. The van der Waals surface area contributed by atoms with Crippen molar-refractivity contribution in [2.45, 2.75) is 25.8 Å². The third-order valence-corrected chi connectivity index (χ3v) is 3.63. The predicted octanol–water partition coefficient (Wildman–Crippen LogP) is 2.16. The molecule has 100 valence electrons. The SMILES string of the molecule is COc1ccc(NCC2CC(N)C2)c(OC)c1C. The van der Waals surface area contributed by atoms with Crippen molar-refractivity contribution in [3.05, 3.63) is 17.7 Å². The molecule has 1 saturated carbocycles. The van der Waals surface area contributed by atoms with Crippen molar-refractivity contribution >= 4 is 5.69 Å². The summed E-state index contributed by atoms with van der Waals surface area (Å²) in [5.74, 6) is 2.40. The van der Waals surface area contributed by atoms with E-state index >= 15 is 0 Å². The molecule has 1 aliphatic carbocycles. The molecule has 3 N–H and O–H groups in total. The minimum atomic E-state index is 0.399. The zero-order valence-corrected chi connectivity index (χ0v) is 11.3. The summed E-state index contributed by atoms with van der Waals surface area (Å²) in [6.07, 6.45) is 2.23. The highest BCUT2D eigenvalue weighted by atomic mass is 16.5. The summed E-state index contributed by atoms with van der Waals surface area (Å²) in [4.78, 5) is 0. The van der Waals surface area contributed by atoms with Gasteiger partial charge in [0.1, 0.15) is 11.5 Å². The zero-order chi connectivity index (χ0) is 13.1. The van der Waals surface area contributed by atoms with Crippen LogP contribution in [0.4, 0.5) is 5.69 Å². The van der Waals surface area contributed by atoms with Crippen molar-refractivity contribution in [1.29, 1.82) is 0 Å². The molecule has 0 aliphatic heterocycles. The fourth-order valence-corrected chi connectivity index (χ4v) is 2.51. The van der Waals surface area contributed by atoms with Crippen LogP contribution in [0.5, 0.6) is 11.5 Å². The first-order valence-electron chi connectivity index (χ1n) is 6.36. The molecule has 1 aliphatic rings. The lowest BCUT2D eigenvalue weighted by molar-refractivity contribution is 0.279. The Labute approximate surface area is 108 Å². The molecule has 0 heterocycles. The Morgan fingerprint density at radius 2 is 2.00 bits per heavy atom. The number of rotatable bonds is 5. The van der Waals surface area contributed by atoms with Crippen molar-refractivity contribution in [1.82, 2.24) is 0 Å². The number of hydrogen-bond acceptors (Lipinski definition) is 4. The first-order chi connectivity index (χ1) is 8.65. The first-order valence-corrected chi connectivity index (χ1v) is 6.36. The van der Waals surface area contributed by atoms with Crippen LogP contribution in [0, 0.1) is 12.8 Å². The zero-order valence-electron chi connectivity index (χ0n) is 11.3. The molecule has 4 nitrogen and oxygen atoms in total. The number of benzene rings is 1. The minimum Gasteiger partial charge on any atom is -0.496 e. The van der Waals surface area contributed by atoms with Gasteiger partial charge in [0.15, 0.2) is 0 Å². The summed E-state index contributed by atoms with van der Waals surface area (Å²) < 4.78 is 10.7. The molecule has 0 radical (unpaired) electrons. The van der Waals surface area contributed by atoms with Crippen LogP contribution in [0.15, 0.2) is 12.1 Å². The topological polar surface area (TPSA) is 56.5 Å². The normalized spacial score (nSPS) is 22.2. The van der Waals surface area contributed by atoms with Crippen LogP contribution in [0.1, 0.15) is 18.4 Å². The van der Waals surface area contributed by atoms with Gasteiger partial charge in [-0.15, -0.1) is 0 Å². The van der Waals surface area contributed by atoms with Crippen LogP contribution in [0.3, 0.4) is 0 Å². The molecule has 0 spiro atoms. The lowest BCUT2D eigenvalue weighted by Crippen LogP contribution is -2.39. The average Bonchev–Trinajstić information content (AvgIpc) is 2.33. The second-order valence-electron chi connectivity index (χ2n) is 4.95. The number of methoxy groups -OCH3 is 2. The molecular weight excluding hydrogens is 228 g/mol. The molecule has 2 rings (SSSR count). The van der Waals surface area contributed by atoms with Crippen molar-refractivity contribution in [2.24, 2.45) is 11.7 Å². The highest BCUT2D eigenvalue weighted by molar-refractivity contribution is 5.64. The van der Waals surface area contributed by atoms with E-state index in [4.69, 9.17) is 15.2 Å². The van der Waals surface area contributed by atoms with Gasteiger partial charge in [0.2, 0.25) is 0 Å². The second kappa shape index (κ2) is 5.48. The Kier molecular flexibility index (Phi) is 3.97. The van der Waals surface area contributed by atoms with Crippen molar-refractivity contribution < 1.29 is 9.47 Å². The van der Waals surface area contributed by atoms with Crippen LogP contribution in [0.25, 0.3) is 0 Å². The van der Waals surface area contributed by atoms with E-state index in [0.717, 1.165) is 42.1 Å². The Bertz CT molecular complexity index is 415. The van der Waals surface area contributed by atoms with Crippen molar-refractivity contribution in [3.8, 4) is 11.5 Å². The van der Waals surface area contributed by atoms with E-state index in [1.54, 1.807) is 14.2 Å². The van der Waals surface area contributed by atoms with Crippen LogP contribution in [0.2, 0.25) is 0 Å². The molecule has 0 amide bonds. The van der Waals surface area contributed by atoms with Crippen LogP contribution in [-0.4, -0.2) is 26.8 Å². The summed E-state index contributed by atoms with van der Waals surface area (Å²) in [6.45, 7) is 2.96. The maximum atomic E-state index is 5.79. The summed E-state index contributed by atoms with van der Waals surface area (Å²) in [6, 6.07) is 4.37. The van der Waals surface area contributed by atoms with Crippen molar-refractivity contribution in [2.75, 3.05) is 26.1 Å². The molecule has 18 heavy (non-hydrogen) atoms. The first kappa shape index (κ1) is 13.0. The number of nitrogens with one attached hydrogen (secondary N) is 1. The Morgan fingerprint density at radius 1 is 1.28 bits per heavy atom. The predicted molar refractivity (Wildman–Crippen MR) is 73.5 cm³/mol. The fourth-order valence-electron chi connectivity index (χ4n) is 2.51. The number of anilines is 1. The van der Waals surface area contributed by atoms with Gasteiger partial charge in [0.05, 0.1) is 19.9 Å². The standard InChI is InChI=1S/C14H22N2O2/c1-9-13(17-2)5-4-12(14(9)18-3)16-8-10-6-11(15)7-10/h4-5,10-11,16H,6-8,15H2,1-3H3. The van der Waals surface area contributed by atoms with E-state index in [2.05, 4.69) is 5.32 Å². The molecular formula is C14H22N2O2. The average molecular weight is 250 g/mol. The molecule has 0 aromatic heterocycles. The maximum absolute atomic E-state index is 5.79. The molecule has 1 fully saturated rings. The minimum absolute atomic E-state index is 0.399. The van der Waals surface area contributed by atoms with E-state index in [1.165, 1.54) is 0 Å². The maximum Gasteiger partial charge on any atom is 0.148 e. The Morgan fingerprint density at radius 3 is 2.56 bits per heavy atom. The second-order valence-corrected chi connectivity index (χ2v) is 4.95. The Hall–Kier alpha value is -1.42. The van der Waals surface area contributed by atoms with Gasteiger partial charge in [0, 0.05) is 18.2 Å². The number of nitrogens with two attached hydrogens (primary N) is 1. The lowest BCUT2D eigenvalue weighted by atomic mass is 9.81. The summed E-state index contributed by atoms with van der Waals surface area (Å²) in [5, 5.41) is 3.44. The molecule has 0 unspecified atom stereocenters. The summed E-state index contributed by atoms with van der Waals surface area (Å²) >= 11 is 0. The fraction of sp³-hybridized carbons (Fsp3) is 0.571. The summed E-state index contributed by atoms with van der Waals surface area (Å²) in [5.41, 5.74) is 7.83. The third-order valence-electron chi connectivity index (χ3n) is 3.63. The van der Waals surface area contributed by atoms with Crippen LogP contribution < -0.4 is 20.5 Å². The van der Waals surface area contributed by atoms with Gasteiger partial charge in [-0.3, -0.25) is 0 Å². The van der Waals surface area contributed by atoms with Crippen LogP contribution in [-0.2, 0) is 0 Å². The highest BCUT2D eigenvalue weighted by Crippen LogP contribution is 2.35. The molecule has 1 aromatic rings. The van der Waals surface area contributed by atoms with Gasteiger partial charge >= 0.3 is 0 Å². The van der Waals surface area contributed by atoms with Crippen molar-refractivity contribution in [3.63, 3.8) is 0 Å². The van der Waals surface area contributed by atoms with E-state index in [-0.39, 0.29) is 0 Å².